The first kappa shape index (κ1) is 17.1. The number of thioether (sulfide) groups is 1. The molecule has 0 bridgehead atoms. The lowest BCUT2D eigenvalue weighted by atomic mass is 10.1. The highest BCUT2D eigenvalue weighted by Gasteiger charge is 2.20. The molecule has 1 heterocycles. The molecule has 1 atom stereocenters. The summed E-state index contributed by atoms with van der Waals surface area (Å²) in [4.78, 5) is 0.235. The molecule has 1 aromatic carbocycles. The van der Waals surface area contributed by atoms with Crippen molar-refractivity contribution in [2.24, 2.45) is 5.92 Å². The fourth-order valence-electron chi connectivity index (χ4n) is 2.15. The Morgan fingerprint density at radius 3 is 2.86 bits per heavy atom. The molecule has 0 saturated carbocycles. The van der Waals surface area contributed by atoms with Gasteiger partial charge in [0, 0.05) is 18.1 Å². The van der Waals surface area contributed by atoms with Crippen molar-refractivity contribution in [3.05, 3.63) is 28.8 Å². The van der Waals surface area contributed by atoms with E-state index in [1.165, 1.54) is 6.07 Å². The largest absolute Gasteiger partial charge is 0.313 e. The van der Waals surface area contributed by atoms with Gasteiger partial charge in [-0.05, 0) is 48.1 Å². The highest BCUT2D eigenvalue weighted by molar-refractivity contribution is 7.99. The lowest BCUT2D eigenvalue weighted by molar-refractivity contribution is 0.546. The summed E-state index contributed by atoms with van der Waals surface area (Å²) >= 11 is 8.04. The van der Waals surface area contributed by atoms with Crippen molar-refractivity contribution < 1.29 is 8.42 Å². The van der Waals surface area contributed by atoms with Crippen LogP contribution in [0.1, 0.15) is 18.9 Å². The van der Waals surface area contributed by atoms with Gasteiger partial charge in [0.15, 0.2) is 0 Å². The molecule has 1 saturated heterocycles. The highest BCUT2D eigenvalue weighted by atomic mass is 35.5. The van der Waals surface area contributed by atoms with E-state index in [9.17, 15) is 8.42 Å². The number of benzene rings is 1. The van der Waals surface area contributed by atoms with Crippen LogP contribution in [0.2, 0.25) is 5.02 Å². The minimum atomic E-state index is -3.47. The van der Waals surface area contributed by atoms with Gasteiger partial charge in [0.2, 0.25) is 10.0 Å². The van der Waals surface area contributed by atoms with Crippen LogP contribution in [-0.2, 0) is 16.6 Å². The molecule has 1 fully saturated rings. The SMILES string of the molecule is CCNCc1ccc(S(=O)(=O)NCC2CCSC2)cc1Cl. The fourth-order valence-corrected chi connectivity index (χ4v) is 4.89. The van der Waals surface area contributed by atoms with Gasteiger partial charge in [-0.25, -0.2) is 13.1 Å². The number of hydrogen-bond acceptors (Lipinski definition) is 4. The Morgan fingerprint density at radius 2 is 2.24 bits per heavy atom. The van der Waals surface area contributed by atoms with Crippen LogP contribution in [0.3, 0.4) is 0 Å². The first-order chi connectivity index (χ1) is 10.0. The molecule has 118 valence electrons. The molecule has 0 amide bonds. The van der Waals surface area contributed by atoms with E-state index in [0.29, 0.717) is 24.0 Å². The van der Waals surface area contributed by atoms with Gasteiger partial charge in [0.05, 0.1) is 4.90 Å². The van der Waals surface area contributed by atoms with E-state index in [0.717, 1.165) is 30.0 Å². The Labute approximate surface area is 136 Å². The first-order valence-corrected chi connectivity index (χ1v) is 10.1. The van der Waals surface area contributed by atoms with E-state index < -0.39 is 10.0 Å². The molecule has 21 heavy (non-hydrogen) atoms. The van der Waals surface area contributed by atoms with Crippen molar-refractivity contribution in [1.29, 1.82) is 0 Å². The zero-order valence-corrected chi connectivity index (χ0v) is 14.5. The third-order valence-electron chi connectivity index (χ3n) is 3.49. The smallest absolute Gasteiger partial charge is 0.240 e. The van der Waals surface area contributed by atoms with Gasteiger partial charge in [-0.2, -0.15) is 11.8 Å². The number of hydrogen-bond donors (Lipinski definition) is 2. The first-order valence-electron chi connectivity index (χ1n) is 7.09. The average Bonchev–Trinajstić information content (AvgIpc) is 2.97. The average molecular weight is 349 g/mol. The van der Waals surface area contributed by atoms with Crippen molar-refractivity contribution in [3.8, 4) is 0 Å². The molecule has 1 aliphatic heterocycles. The van der Waals surface area contributed by atoms with Crippen LogP contribution in [0.25, 0.3) is 0 Å². The number of halogens is 1. The maximum atomic E-state index is 12.3. The van der Waals surface area contributed by atoms with Crippen LogP contribution in [-0.4, -0.2) is 33.0 Å². The summed E-state index contributed by atoms with van der Waals surface area (Å²) in [6.07, 6.45) is 1.08. The predicted octanol–water partition coefficient (Wildman–Crippen LogP) is 2.48. The molecule has 1 unspecified atom stereocenters. The van der Waals surface area contributed by atoms with Crippen LogP contribution in [0.15, 0.2) is 23.1 Å². The lowest BCUT2D eigenvalue weighted by Crippen LogP contribution is -2.29. The van der Waals surface area contributed by atoms with E-state index in [-0.39, 0.29) is 4.90 Å². The Morgan fingerprint density at radius 1 is 1.43 bits per heavy atom. The number of nitrogens with one attached hydrogen (secondary N) is 2. The van der Waals surface area contributed by atoms with Crippen LogP contribution >= 0.6 is 23.4 Å². The van der Waals surface area contributed by atoms with Gasteiger partial charge >= 0.3 is 0 Å². The van der Waals surface area contributed by atoms with Crippen molar-refractivity contribution in [3.63, 3.8) is 0 Å². The van der Waals surface area contributed by atoms with Crippen molar-refractivity contribution in [2.45, 2.75) is 24.8 Å². The van der Waals surface area contributed by atoms with Crippen LogP contribution in [0.5, 0.6) is 0 Å². The summed E-state index contributed by atoms with van der Waals surface area (Å²) in [6, 6.07) is 4.91. The minimum absolute atomic E-state index is 0.235. The maximum absolute atomic E-state index is 12.3. The van der Waals surface area contributed by atoms with Gasteiger partial charge < -0.3 is 5.32 Å². The van der Waals surface area contributed by atoms with Crippen molar-refractivity contribution >= 4 is 33.4 Å². The standard InChI is InChI=1S/C14H21ClN2O2S2/c1-2-16-9-12-3-4-13(7-14(12)15)21(18,19)17-8-11-5-6-20-10-11/h3-4,7,11,16-17H,2,5-6,8-10H2,1H3. The molecule has 0 aromatic heterocycles. The number of sulfonamides is 1. The van der Waals surface area contributed by atoms with Gasteiger partial charge in [-0.1, -0.05) is 24.6 Å². The monoisotopic (exact) mass is 348 g/mol. The molecule has 4 nitrogen and oxygen atoms in total. The highest BCUT2D eigenvalue weighted by Crippen LogP contribution is 2.24. The van der Waals surface area contributed by atoms with E-state index in [4.69, 9.17) is 11.6 Å². The summed E-state index contributed by atoms with van der Waals surface area (Å²) in [7, 11) is -3.47. The topological polar surface area (TPSA) is 58.2 Å². The molecule has 1 aromatic rings. The van der Waals surface area contributed by atoms with Gasteiger partial charge in [-0.3, -0.25) is 0 Å². The van der Waals surface area contributed by atoms with Gasteiger partial charge in [0.25, 0.3) is 0 Å². The quantitative estimate of drug-likeness (QED) is 0.794. The Kier molecular flexibility index (Phi) is 6.37. The molecular weight excluding hydrogens is 328 g/mol. The second-order valence-corrected chi connectivity index (χ2v) is 8.44. The molecule has 0 radical (unpaired) electrons. The fraction of sp³-hybridized carbons (Fsp3) is 0.571. The number of rotatable bonds is 7. The Hall–Kier alpha value is -0.270. The summed E-state index contributed by atoms with van der Waals surface area (Å²) in [5.41, 5.74) is 0.907. The van der Waals surface area contributed by atoms with Gasteiger partial charge in [0.1, 0.15) is 0 Å². The van der Waals surface area contributed by atoms with E-state index >= 15 is 0 Å². The van der Waals surface area contributed by atoms with E-state index in [2.05, 4.69) is 10.0 Å². The predicted molar refractivity (Wildman–Crippen MR) is 89.5 cm³/mol. The second-order valence-electron chi connectivity index (χ2n) is 5.12. The third kappa shape index (κ3) is 4.86. The summed E-state index contributed by atoms with van der Waals surface area (Å²) < 4.78 is 27.2. The van der Waals surface area contributed by atoms with Crippen molar-refractivity contribution in [2.75, 3.05) is 24.6 Å². The molecule has 1 aliphatic rings. The summed E-state index contributed by atoms with van der Waals surface area (Å²) in [5, 5.41) is 3.66. The van der Waals surface area contributed by atoms with Crippen LogP contribution < -0.4 is 10.0 Å². The van der Waals surface area contributed by atoms with E-state index in [1.54, 1.807) is 12.1 Å². The van der Waals surface area contributed by atoms with Crippen LogP contribution in [0.4, 0.5) is 0 Å². The Bertz CT molecular complexity index is 572. The van der Waals surface area contributed by atoms with Gasteiger partial charge in [-0.15, -0.1) is 0 Å². The minimum Gasteiger partial charge on any atom is -0.313 e. The zero-order chi connectivity index (χ0) is 15.3. The van der Waals surface area contributed by atoms with Crippen molar-refractivity contribution in [1.82, 2.24) is 10.0 Å². The normalized spacial score (nSPS) is 19.0. The maximum Gasteiger partial charge on any atom is 0.240 e. The van der Waals surface area contributed by atoms with Crippen LogP contribution in [0, 0.1) is 5.92 Å². The van der Waals surface area contributed by atoms with E-state index in [1.807, 2.05) is 18.7 Å². The molecule has 2 N–H and O–H groups in total. The third-order valence-corrected chi connectivity index (χ3v) is 6.49. The second kappa shape index (κ2) is 7.83. The summed E-state index contributed by atoms with van der Waals surface area (Å²) in [5.74, 6) is 2.59. The molecule has 2 rings (SSSR count). The summed E-state index contributed by atoms with van der Waals surface area (Å²) in [6.45, 7) is 4.00. The molecule has 0 aliphatic carbocycles. The lowest BCUT2D eigenvalue weighted by Gasteiger charge is -2.12. The molecular formula is C14H21ClN2O2S2. The molecule has 7 heteroatoms. The molecule has 0 spiro atoms. The Balaban J connectivity index is 2.03. The zero-order valence-electron chi connectivity index (χ0n) is 12.1.